The molecule has 4 heteroatoms. The second-order valence-electron chi connectivity index (χ2n) is 4.11. The van der Waals surface area contributed by atoms with Crippen molar-refractivity contribution in [2.75, 3.05) is 5.06 Å². The van der Waals surface area contributed by atoms with Crippen molar-refractivity contribution in [3.8, 4) is 0 Å². The van der Waals surface area contributed by atoms with E-state index in [1.807, 2.05) is 0 Å². The van der Waals surface area contributed by atoms with Crippen LogP contribution in [0.5, 0.6) is 0 Å². The number of rotatable bonds is 2. The molecule has 1 aliphatic rings. The molecule has 0 aromatic heterocycles. The lowest BCUT2D eigenvalue weighted by Crippen LogP contribution is -2.32. The van der Waals surface area contributed by atoms with Gasteiger partial charge in [-0.05, 0) is 37.1 Å². The molecule has 1 aliphatic carbocycles. The molecule has 0 heterocycles. The topological polar surface area (TPSA) is 40.5 Å². The Morgan fingerprint density at radius 3 is 2.38 bits per heavy atom. The molecule has 0 spiro atoms. The van der Waals surface area contributed by atoms with Gasteiger partial charge in [0.1, 0.15) is 5.82 Å². The van der Waals surface area contributed by atoms with Gasteiger partial charge in [-0.15, -0.1) is 0 Å². The lowest BCUT2D eigenvalue weighted by Gasteiger charge is -2.18. The molecule has 16 heavy (non-hydrogen) atoms. The predicted octanol–water partition coefficient (Wildman–Crippen LogP) is 2.74. The summed E-state index contributed by atoms with van der Waals surface area (Å²) in [5, 5.41) is 10.3. The number of hydrogen-bond donors (Lipinski definition) is 1. The summed E-state index contributed by atoms with van der Waals surface area (Å²) in [5.74, 6) is -0.760. The maximum Gasteiger partial charge on any atom is 0.253 e. The molecule has 1 N–H and O–H groups in total. The molecule has 86 valence electrons. The van der Waals surface area contributed by atoms with Crippen LogP contribution in [0.15, 0.2) is 24.3 Å². The van der Waals surface area contributed by atoms with E-state index in [2.05, 4.69) is 0 Å². The van der Waals surface area contributed by atoms with Crippen LogP contribution < -0.4 is 5.06 Å². The normalized spacial score (nSPS) is 16.4. The van der Waals surface area contributed by atoms with E-state index in [4.69, 9.17) is 0 Å². The Morgan fingerprint density at radius 2 is 1.81 bits per heavy atom. The highest BCUT2D eigenvalue weighted by Gasteiger charge is 2.27. The fraction of sp³-hybridized carbons (Fsp3) is 0.417. The average Bonchev–Trinajstić information content (AvgIpc) is 2.81. The Balaban J connectivity index is 2.08. The molecule has 1 amide bonds. The lowest BCUT2D eigenvalue weighted by atomic mass is 10.1. The molecular weight excluding hydrogens is 209 g/mol. The van der Waals surface area contributed by atoms with E-state index in [1.54, 1.807) is 0 Å². The number of carbonyl (C=O) groups is 1. The fourth-order valence-electron chi connectivity index (χ4n) is 2.06. The third-order valence-electron chi connectivity index (χ3n) is 2.98. The van der Waals surface area contributed by atoms with Gasteiger partial charge >= 0.3 is 0 Å². The summed E-state index contributed by atoms with van der Waals surface area (Å²) in [6.07, 6.45) is 3.73. The third-order valence-corrected chi connectivity index (χ3v) is 2.98. The fourth-order valence-corrected chi connectivity index (χ4v) is 2.06. The van der Waals surface area contributed by atoms with Gasteiger partial charge in [-0.1, -0.05) is 12.8 Å². The van der Waals surface area contributed by atoms with E-state index in [1.165, 1.54) is 24.3 Å². The zero-order valence-electron chi connectivity index (χ0n) is 8.90. The summed E-state index contributed by atoms with van der Waals surface area (Å²) in [5.41, 5.74) is 0.318. The molecule has 0 unspecified atom stereocenters. The first-order valence-corrected chi connectivity index (χ1v) is 5.47. The minimum Gasteiger partial charge on any atom is -0.281 e. The number of benzene rings is 1. The smallest absolute Gasteiger partial charge is 0.253 e. The minimum atomic E-state index is -0.384. The van der Waals surface area contributed by atoms with Crippen LogP contribution in [0, 0.1) is 11.7 Å². The van der Waals surface area contributed by atoms with Gasteiger partial charge in [-0.2, -0.15) is 5.06 Å². The van der Waals surface area contributed by atoms with Gasteiger partial charge in [0.25, 0.3) is 5.91 Å². The summed E-state index contributed by atoms with van der Waals surface area (Å²) in [6.45, 7) is 0. The highest BCUT2D eigenvalue weighted by atomic mass is 19.1. The van der Waals surface area contributed by atoms with Crippen molar-refractivity contribution < 1.29 is 14.4 Å². The van der Waals surface area contributed by atoms with Crippen molar-refractivity contribution in [3.63, 3.8) is 0 Å². The molecule has 0 aliphatic heterocycles. The molecule has 0 atom stereocenters. The van der Waals surface area contributed by atoms with Gasteiger partial charge in [0.2, 0.25) is 0 Å². The average molecular weight is 223 g/mol. The molecule has 1 fully saturated rings. The summed E-state index contributed by atoms with van der Waals surface area (Å²) in [7, 11) is 0. The largest absolute Gasteiger partial charge is 0.281 e. The van der Waals surface area contributed by atoms with Gasteiger partial charge in [0, 0.05) is 5.92 Å². The summed E-state index contributed by atoms with van der Waals surface area (Å²) in [6, 6.07) is 5.23. The first-order valence-electron chi connectivity index (χ1n) is 5.47. The van der Waals surface area contributed by atoms with Gasteiger partial charge < -0.3 is 0 Å². The maximum absolute atomic E-state index is 12.7. The lowest BCUT2D eigenvalue weighted by molar-refractivity contribution is -0.127. The van der Waals surface area contributed by atoms with Gasteiger partial charge in [0.05, 0.1) is 5.69 Å². The number of nitrogens with zero attached hydrogens (tertiary/aromatic N) is 1. The number of hydroxylamine groups is 1. The Labute approximate surface area is 93.5 Å². The highest BCUT2D eigenvalue weighted by molar-refractivity contribution is 5.92. The van der Waals surface area contributed by atoms with Crippen molar-refractivity contribution in [1.29, 1.82) is 0 Å². The molecule has 0 saturated heterocycles. The molecule has 0 radical (unpaired) electrons. The standard InChI is InChI=1S/C12H14FNO2/c13-10-5-7-11(8-6-10)14(16)12(15)9-3-1-2-4-9/h5-9,16H,1-4H2. The Kier molecular flexibility index (Phi) is 3.19. The second kappa shape index (κ2) is 4.61. The van der Waals surface area contributed by atoms with Crippen molar-refractivity contribution >= 4 is 11.6 Å². The van der Waals surface area contributed by atoms with Crippen LogP contribution in [0.3, 0.4) is 0 Å². The molecule has 1 saturated carbocycles. The third kappa shape index (κ3) is 2.22. The van der Waals surface area contributed by atoms with E-state index >= 15 is 0 Å². The van der Waals surface area contributed by atoms with Gasteiger partial charge in [-0.3, -0.25) is 10.0 Å². The number of halogens is 1. The van der Waals surface area contributed by atoms with Crippen molar-refractivity contribution in [3.05, 3.63) is 30.1 Å². The van der Waals surface area contributed by atoms with Crippen LogP contribution in [0.4, 0.5) is 10.1 Å². The van der Waals surface area contributed by atoms with E-state index in [9.17, 15) is 14.4 Å². The number of amides is 1. The molecule has 3 nitrogen and oxygen atoms in total. The molecule has 1 aromatic carbocycles. The first kappa shape index (κ1) is 11.1. The molecule has 2 rings (SSSR count). The monoisotopic (exact) mass is 223 g/mol. The van der Waals surface area contributed by atoms with Gasteiger partial charge in [0.15, 0.2) is 0 Å². The van der Waals surface area contributed by atoms with Crippen LogP contribution in [0.25, 0.3) is 0 Å². The predicted molar refractivity (Wildman–Crippen MR) is 57.6 cm³/mol. The van der Waals surface area contributed by atoms with Crippen LogP contribution in [-0.2, 0) is 4.79 Å². The summed E-state index contributed by atoms with van der Waals surface area (Å²) in [4.78, 5) is 11.8. The molecular formula is C12H14FNO2. The number of hydrogen-bond acceptors (Lipinski definition) is 2. The highest BCUT2D eigenvalue weighted by Crippen LogP contribution is 2.27. The van der Waals surface area contributed by atoms with E-state index in [0.29, 0.717) is 10.8 Å². The van der Waals surface area contributed by atoms with Crippen molar-refractivity contribution in [2.24, 2.45) is 5.92 Å². The zero-order chi connectivity index (χ0) is 11.5. The van der Waals surface area contributed by atoms with E-state index < -0.39 is 0 Å². The Morgan fingerprint density at radius 1 is 1.25 bits per heavy atom. The quantitative estimate of drug-likeness (QED) is 0.618. The number of carbonyl (C=O) groups excluding carboxylic acids is 1. The Hall–Kier alpha value is -1.42. The summed E-state index contributed by atoms with van der Waals surface area (Å²) >= 11 is 0. The van der Waals surface area contributed by atoms with Crippen LogP contribution in [0.1, 0.15) is 25.7 Å². The van der Waals surface area contributed by atoms with E-state index in [0.717, 1.165) is 25.7 Å². The maximum atomic E-state index is 12.7. The van der Waals surface area contributed by atoms with Gasteiger partial charge in [-0.25, -0.2) is 4.39 Å². The molecule has 1 aromatic rings. The SMILES string of the molecule is O=C(C1CCCC1)N(O)c1ccc(F)cc1. The van der Waals surface area contributed by atoms with Crippen molar-refractivity contribution in [1.82, 2.24) is 0 Å². The number of anilines is 1. The summed E-state index contributed by atoms with van der Waals surface area (Å²) < 4.78 is 12.7. The van der Waals surface area contributed by atoms with Crippen LogP contribution in [-0.4, -0.2) is 11.1 Å². The van der Waals surface area contributed by atoms with Crippen molar-refractivity contribution in [2.45, 2.75) is 25.7 Å². The van der Waals surface area contributed by atoms with Crippen LogP contribution >= 0.6 is 0 Å². The molecule has 0 bridgehead atoms. The Bertz CT molecular complexity index is 371. The van der Waals surface area contributed by atoms with E-state index in [-0.39, 0.29) is 17.6 Å². The van der Waals surface area contributed by atoms with Crippen LogP contribution in [0.2, 0.25) is 0 Å². The second-order valence-corrected chi connectivity index (χ2v) is 4.11. The minimum absolute atomic E-state index is 0.0879. The zero-order valence-corrected chi connectivity index (χ0v) is 8.90. The first-order chi connectivity index (χ1) is 7.68.